The maximum atomic E-state index is 11.2. The number of carbonyl (C=O) groups is 1. The van der Waals surface area contributed by atoms with E-state index in [1.807, 2.05) is 0 Å². The van der Waals surface area contributed by atoms with Crippen molar-refractivity contribution >= 4 is 58.3 Å². The molecule has 2 nitrogen and oxygen atoms in total. The monoisotopic (exact) mass is 334 g/mol. The van der Waals surface area contributed by atoms with Crippen LogP contribution < -0.4 is 0 Å². The molecule has 0 aliphatic heterocycles. The van der Waals surface area contributed by atoms with Crippen molar-refractivity contribution in [2.24, 2.45) is 0 Å². The van der Waals surface area contributed by atoms with Crippen molar-refractivity contribution in [3.8, 4) is 5.75 Å². The molecule has 0 radical (unpaired) electrons. The molecule has 2 rings (SSSR count). The van der Waals surface area contributed by atoms with Crippen LogP contribution >= 0.6 is 46.4 Å². The number of hydrogen-bond acceptors (Lipinski definition) is 2. The van der Waals surface area contributed by atoms with E-state index in [1.54, 1.807) is 12.2 Å². The number of allylic oxidation sites excluding steroid dienone is 5. The SMILES string of the molecule is O=C1C=CC(=Cc2cc(Cl)c(O)c(Cl)c2Cl)C=C1Cl. The molecule has 0 bridgehead atoms. The third kappa shape index (κ3) is 2.98. The van der Waals surface area contributed by atoms with Gasteiger partial charge in [0.2, 0.25) is 0 Å². The molecule has 0 amide bonds. The minimum atomic E-state index is -0.265. The van der Waals surface area contributed by atoms with Crippen molar-refractivity contribution in [2.75, 3.05) is 0 Å². The molecule has 1 aliphatic rings. The second-order valence-corrected chi connectivity index (χ2v) is 5.33. The van der Waals surface area contributed by atoms with Crippen molar-refractivity contribution in [3.63, 3.8) is 0 Å². The van der Waals surface area contributed by atoms with Crippen LogP contribution in [0.2, 0.25) is 15.1 Å². The second-order valence-electron chi connectivity index (χ2n) is 3.76. The van der Waals surface area contributed by atoms with Crippen LogP contribution in [0, 0.1) is 0 Å². The molecule has 0 saturated carbocycles. The van der Waals surface area contributed by atoms with Crippen LogP contribution in [0.1, 0.15) is 5.56 Å². The van der Waals surface area contributed by atoms with E-state index in [2.05, 4.69) is 0 Å². The first kappa shape index (κ1) is 14.5. The van der Waals surface area contributed by atoms with Gasteiger partial charge in [0.25, 0.3) is 0 Å². The lowest BCUT2D eigenvalue weighted by Gasteiger charge is -2.08. The molecule has 0 unspecified atom stereocenters. The van der Waals surface area contributed by atoms with Crippen molar-refractivity contribution in [3.05, 3.63) is 55.5 Å². The zero-order valence-corrected chi connectivity index (χ0v) is 12.3. The molecule has 1 aromatic rings. The van der Waals surface area contributed by atoms with Gasteiger partial charge in [-0.25, -0.2) is 0 Å². The minimum Gasteiger partial charge on any atom is -0.505 e. The van der Waals surface area contributed by atoms with E-state index in [-0.39, 0.29) is 31.6 Å². The Morgan fingerprint density at radius 3 is 2.37 bits per heavy atom. The molecule has 1 N–H and O–H groups in total. The Labute approximate surface area is 129 Å². The fourth-order valence-electron chi connectivity index (χ4n) is 1.50. The average molecular weight is 336 g/mol. The van der Waals surface area contributed by atoms with E-state index < -0.39 is 0 Å². The predicted molar refractivity (Wildman–Crippen MR) is 79.2 cm³/mol. The van der Waals surface area contributed by atoms with Gasteiger partial charge in [0.1, 0.15) is 5.02 Å². The van der Waals surface area contributed by atoms with E-state index in [4.69, 9.17) is 46.4 Å². The van der Waals surface area contributed by atoms with Crippen LogP contribution in [0.25, 0.3) is 6.08 Å². The topological polar surface area (TPSA) is 37.3 Å². The summed E-state index contributed by atoms with van der Waals surface area (Å²) < 4.78 is 0. The average Bonchev–Trinajstić information content (AvgIpc) is 2.38. The Kier molecular flexibility index (Phi) is 4.26. The standard InChI is InChI=1S/C13H6Cl4O2/c14-8-4-6(1-2-10(8)18)3-7-5-9(15)13(19)12(17)11(7)16/h1-5,19H. The molecular weight excluding hydrogens is 330 g/mol. The summed E-state index contributed by atoms with van der Waals surface area (Å²) in [5, 5.41) is 9.89. The van der Waals surface area contributed by atoms with Gasteiger partial charge < -0.3 is 5.11 Å². The van der Waals surface area contributed by atoms with Crippen molar-refractivity contribution in [1.29, 1.82) is 0 Å². The van der Waals surface area contributed by atoms with Gasteiger partial charge >= 0.3 is 0 Å². The van der Waals surface area contributed by atoms with Crippen molar-refractivity contribution < 1.29 is 9.90 Å². The summed E-state index contributed by atoms with van der Waals surface area (Å²) in [6.45, 7) is 0. The summed E-state index contributed by atoms with van der Waals surface area (Å²) in [4.78, 5) is 11.2. The number of aromatic hydroxyl groups is 1. The highest BCUT2D eigenvalue weighted by Crippen LogP contribution is 2.40. The number of benzene rings is 1. The first-order chi connectivity index (χ1) is 8.90. The number of rotatable bonds is 1. The number of halogens is 4. The molecule has 0 aromatic heterocycles. The number of phenolic OH excluding ortho intramolecular Hbond substituents is 1. The van der Waals surface area contributed by atoms with Gasteiger partial charge in [-0.2, -0.15) is 0 Å². The smallest absolute Gasteiger partial charge is 0.197 e. The minimum absolute atomic E-state index is 0.0213. The predicted octanol–water partition coefficient (Wildman–Crippen LogP) is 5.00. The molecule has 1 aliphatic carbocycles. The Hall–Kier alpha value is -0.930. The summed E-state index contributed by atoms with van der Waals surface area (Å²) in [7, 11) is 0. The van der Waals surface area contributed by atoms with Crippen LogP contribution in [0.5, 0.6) is 5.75 Å². The van der Waals surface area contributed by atoms with Crippen LogP contribution in [-0.2, 0) is 4.79 Å². The Morgan fingerprint density at radius 2 is 1.74 bits per heavy atom. The second kappa shape index (κ2) is 5.59. The maximum absolute atomic E-state index is 11.2. The fourth-order valence-corrected chi connectivity index (χ4v) is 2.35. The first-order valence-electron chi connectivity index (χ1n) is 5.08. The summed E-state index contributed by atoms with van der Waals surface area (Å²) in [5.74, 6) is -0.523. The van der Waals surface area contributed by atoms with E-state index in [1.165, 1.54) is 18.2 Å². The summed E-state index contributed by atoms with van der Waals surface area (Å²) in [6, 6.07) is 1.48. The van der Waals surface area contributed by atoms with Gasteiger partial charge in [0, 0.05) is 0 Å². The van der Waals surface area contributed by atoms with E-state index >= 15 is 0 Å². The third-order valence-corrected chi connectivity index (χ3v) is 3.90. The molecule has 0 heterocycles. The van der Waals surface area contributed by atoms with Gasteiger partial charge in [-0.15, -0.1) is 0 Å². The van der Waals surface area contributed by atoms with E-state index in [0.717, 1.165) is 0 Å². The van der Waals surface area contributed by atoms with Gasteiger partial charge in [-0.3, -0.25) is 4.79 Å². The Bertz CT molecular complexity index is 657. The van der Waals surface area contributed by atoms with Gasteiger partial charge in [-0.1, -0.05) is 52.5 Å². The lowest BCUT2D eigenvalue weighted by molar-refractivity contribution is -0.110. The molecular formula is C13H6Cl4O2. The van der Waals surface area contributed by atoms with E-state index in [0.29, 0.717) is 11.1 Å². The summed E-state index contributed by atoms with van der Waals surface area (Å²) in [6.07, 6.45) is 6.12. The fraction of sp³-hybridized carbons (Fsp3) is 0. The van der Waals surface area contributed by atoms with Crippen molar-refractivity contribution in [2.45, 2.75) is 0 Å². The number of phenols is 1. The highest BCUT2D eigenvalue weighted by atomic mass is 35.5. The zero-order valence-electron chi connectivity index (χ0n) is 9.25. The lowest BCUT2D eigenvalue weighted by Crippen LogP contribution is -1.97. The molecule has 0 spiro atoms. The zero-order chi connectivity index (χ0) is 14.2. The number of hydrogen-bond donors (Lipinski definition) is 1. The summed E-state index contributed by atoms with van der Waals surface area (Å²) in [5.41, 5.74) is 1.19. The quantitative estimate of drug-likeness (QED) is 0.733. The van der Waals surface area contributed by atoms with Crippen LogP contribution in [0.4, 0.5) is 0 Å². The molecule has 98 valence electrons. The molecule has 0 atom stereocenters. The van der Waals surface area contributed by atoms with Crippen LogP contribution in [0.15, 0.2) is 34.9 Å². The van der Waals surface area contributed by atoms with E-state index in [9.17, 15) is 9.90 Å². The largest absolute Gasteiger partial charge is 0.505 e. The van der Waals surface area contributed by atoms with Gasteiger partial charge in [0.05, 0.1) is 15.1 Å². The van der Waals surface area contributed by atoms with Gasteiger partial charge in [-0.05, 0) is 35.4 Å². The first-order valence-corrected chi connectivity index (χ1v) is 6.59. The third-order valence-electron chi connectivity index (χ3n) is 2.44. The normalized spacial score (nSPS) is 16.9. The highest BCUT2D eigenvalue weighted by molar-refractivity contribution is 6.46. The Balaban J connectivity index is 2.51. The summed E-state index contributed by atoms with van der Waals surface area (Å²) >= 11 is 23.4. The maximum Gasteiger partial charge on any atom is 0.197 e. The number of carbonyl (C=O) groups excluding carboxylic acids is 1. The molecule has 0 saturated heterocycles. The van der Waals surface area contributed by atoms with Crippen molar-refractivity contribution in [1.82, 2.24) is 0 Å². The Morgan fingerprint density at radius 1 is 1.05 bits per heavy atom. The lowest BCUT2D eigenvalue weighted by atomic mass is 10.1. The highest BCUT2D eigenvalue weighted by Gasteiger charge is 2.14. The van der Waals surface area contributed by atoms with Crippen LogP contribution in [-0.4, -0.2) is 10.9 Å². The number of ketones is 1. The molecule has 6 heteroatoms. The molecule has 1 aromatic carbocycles. The molecule has 19 heavy (non-hydrogen) atoms. The van der Waals surface area contributed by atoms with Crippen LogP contribution in [0.3, 0.4) is 0 Å². The van der Waals surface area contributed by atoms with Gasteiger partial charge in [0.15, 0.2) is 11.5 Å². The molecule has 0 fully saturated rings.